The van der Waals surface area contributed by atoms with E-state index in [9.17, 15) is 9.90 Å². The predicted octanol–water partition coefficient (Wildman–Crippen LogP) is -0.117. The quantitative estimate of drug-likeness (QED) is 0.775. The second-order valence-corrected chi connectivity index (χ2v) is 7.69. The Hall–Kier alpha value is -1.44. The molecule has 1 aromatic rings. The lowest BCUT2D eigenvalue weighted by atomic mass is 9.96. The summed E-state index contributed by atoms with van der Waals surface area (Å²) >= 11 is 0. The number of hydrogen-bond donors (Lipinski definition) is 2. The van der Waals surface area contributed by atoms with Gasteiger partial charge < -0.3 is 19.8 Å². The number of aryl methyl sites for hydroxylation is 2. The predicted molar refractivity (Wildman–Crippen MR) is 96.3 cm³/mol. The number of likely N-dealkylation sites (tertiary alicyclic amines) is 1. The fourth-order valence-electron chi connectivity index (χ4n) is 4.02. The Balaban J connectivity index is 1.58. The maximum absolute atomic E-state index is 12.7. The van der Waals surface area contributed by atoms with Gasteiger partial charge in [0, 0.05) is 69.6 Å². The van der Waals surface area contributed by atoms with Crippen molar-refractivity contribution in [1.29, 1.82) is 0 Å². The van der Waals surface area contributed by atoms with Crippen molar-refractivity contribution in [3.05, 3.63) is 17.0 Å². The molecule has 0 saturated carbocycles. The number of likely N-dealkylation sites (N-methyl/N-ethyl adjacent to an activating group) is 1. The summed E-state index contributed by atoms with van der Waals surface area (Å²) in [5.41, 5.74) is 2.88. The number of piperazine rings is 1. The molecule has 2 unspecified atom stereocenters. The van der Waals surface area contributed by atoms with E-state index >= 15 is 0 Å². The molecule has 3 heterocycles. The molecule has 0 bridgehead atoms. The van der Waals surface area contributed by atoms with Crippen molar-refractivity contribution in [1.82, 2.24) is 24.9 Å². The van der Waals surface area contributed by atoms with Gasteiger partial charge in [-0.3, -0.25) is 9.89 Å². The van der Waals surface area contributed by atoms with E-state index in [1.54, 1.807) is 0 Å². The minimum atomic E-state index is 0.145. The molecule has 2 fully saturated rings. The molecule has 7 heteroatoms. The first-order chi connectivity index (χ1) is 12.0. The second-order valence-electron chi connectivity index (χ2n) is 7.69. The van der Waals surface area contributed by atoms with Crippen LogP contribution in [0, 0.1) is 25.7 Å². The number of nitrogens with zero attached hydrogens (tertiary/aromatic N) is 4. The number of aliphatic hydroxyl groups excluding tert-OH is 1. The van der Waals surface area contributed by atoms with Crippen LogP contribution in [-0.4, -0.2) is 95.4 Å². The fourth-order valence-corrected chi connectivity index (χ4v) is 4.02. The normalized spacial score (nSPS) is 25.7. The average molecular weight is 349 g/mol. The van der Waals surface area contributed by atoms with Crippen LogP contribution in [0.15, 0.2) is 0 Å². The summed E-state index contributed by atoms with van der Waals surface area (Å²) in [7, 11) is 2.16. The van der Waals surface area contributed by atoms with Gasteiger partial charge in [0.05, 0.1) is 12.1 Å². The zero-order valence-electron chi connectivity index (χ0n) is 15.7. The van der Waals surface area contributed by atoms with Gasteiger partial charge in [0.25, 0.3) is 0 Å². The summed E-state index contributed by atoms with van der Waals surface area (Å²) in [6.45, 7) is 10.8. The molecule has 2 aliphatic rings. The summed E-state index contributed by atoms with van der Waals surface area (Å²) in [6.07, 6.45) is 0.396. The third kappa shape index (κ3) is 4.22. The molecule has 0 aliphatic carbocycles. The van der Waals surface area contributed by atoms with Crippen molar-refractivity contribution in [2.45, 2.75) is 20.3 Å². The van der Waals surface area contributed by atoms with Crippen LogP contribution in [0.25, 0.3) is 0 Å². The topological polar surface area (TPSA) is 75.7 Å². The van der Waals surface area contributed by atoms with Gasteiger partial charge in [-0.15, -0.1) is 0 Å². The second kappa shape index (κ2) is 7.85. The van der Waals surface area contributed by atoms with Gasteiger partial charge in [-0.05, 0) is 26.8 Å². The summed E-state index contributed by atoms with van der Waals surface area (Å²) in [6, 6.07) is 0. The summed E-state index contributed by atoms with van der Waals surface area (Å²) in [5, 5.41) is 16.9. The molecule has 2 saturated heterocycles. The van der Waals surface area contributed by atoms with Crippen molar-refractivity contribution >= 4 is 5.91 Å². The van der Waals surface area contributed by atoms with Gasteiger partial charge in [-0.25, -0.2) is 0 Å². The van der Waals surface area contributed by atoms with Gasteiger partial charge in [0.1, 0.15) is 0 Å². The standard InChI is InChI=1S/C18H31N5O2/c1-13-17(14(2)20-19-13)8-18(25)23-10-15(16(11-23)12-24)9-22-6-4-21(3)5-7-22/h15-16,24H,4-12H2,1-3H3,(H,19,20). The number of aromatic amines is 1. The van der Waals surface area contributed by atoms with Crippen LogP contribution in [0.5, 0.6) is 0 Å². The van der Waals surface area contributed by atoms with Crippen molar-refractivity contribution in [2.24, 2.45) is 11.8 Å². The molecular weight excluding hydrogens is 318 g/mol. The van der Waals surface area contributed by atoms with Gasteiger partial charge in [-0.1, -0.05) is 0 Å². The van der Waals surface area contributed by atoms with Gasteiger partial charge in [-0.2, -0.15) is 5.10 Å². The van der Waals surface area contributed by atoms with Crippen LogP contribution in [0.3, 0.4) is 0 Å². The smallest absolute Gasteiger partial charge is 0.227 e. The van der Waals surface area contributed by atoms with Gasteiger partial charge in [0.15, 0.2) is 0 Å². The minimum absolute atomic E-state index is 0.145. The number of aliphatic hydroxyl groups is 1. The largest absolute Gasteiger partial charge is 0.396 e. The zero-order valence-corrected chi connectivity index (χ0v) is 15.7. The van der Waals surface area contributed by atoms with Crippen molar-refractivity contribution < 1.29 is 9.90 Å². The summed E-state index contributed by atoms with van der Waals surface area (Å²) in [5.74, 6) is 0.700. The molecule has 7 nitrogen and oxygen atoms in total. The zero-order chi connectivity index (χ0) is 18.0. The number of rotatable bonds is 5. The van der Waals surface area contributed by atoms with Gasteiger partial charge in [0.2, 0.25) is 5.91 Å². The highest BCUT2D eigenvalue weighted by atomic mass is 16.3. The first-order valence-corrected chi connectivity index (χ1v) is 9.28. The number of aromatic nitrogens is 2. The maximum Gasteiger partial charge on any atom is 0.227 e. The summed E-state index contributed by atoms with van der Waals surface area (Å²) < 4.78 is 0. The summed E-state index contributed by atoms with van der Waals surface area (Å²) in [4.78, 5) is 19.5. The number of amides is 1. The molecule has 2 atom stereocenters. The lowest BCUT2D eigenvalue weighted by Crippen LogP contribution is -2.47. The molecular formula is C18H31N5O2. The van der Waals surface area contributed by atoms with E-state index in [1.165, 1.54) is 0 Å². The van der Waals surface area contributed by atoms with Crippen LogP contribution in [-0.2, 0) is 11.2 Å². The molecule has 3 rings (SSSR count). The molecule has 0 spiro atoms. The van der Waals surface area contributed by atoms with E-state index < -0.39 is 0 Å². The maximum atomic E-state index is 12.7. The minimum Gasteiger partial charge on any atom is -0.396 e. The molecule has 0 aromatic carbocycles. The average Bonchev–Trinajstić information content (AvgIpc) is 3.15. The number of carbonyl (C=O) groups excluding carboxylic acids is 1. The monoisotopic (exact) mass is 349 g/mol. The number of hydrogen-bond acceptors (Lipinski definition) is 5. The van der Waals surface area contributed by atoms with Crippen molar-refractivity contribution in [2.75, 3.05) is 59.5 Å². The molecule has 25 heavy (non-hydrogen) atoms. The highest BCUT2D eigenvalue weighted by Gasteiger charge is 2.36. The van der Waals surface area contributed by atoms with E-state index in [4.69, 9.17) is 0 Å². The highest BCUT2D eigenvalue weighted by Crippen LogP contribution is 2.25. The highest BCUT2D eigenvalue weighted by molar-refractivity contribution is 5.79. The molecule has 1 amide bonds. The number of H-pyrrole nitrogens is 1. The van der Waals surface area contributed by atoms with Crippen LogP contribution < -0.4 is 0 Å². The first-order valence-electron chi connectivity index (χ1n) is 9.28. The van der Waals surface area contributed by atoms with E-state index in [0.29, 0.717) is 18.9 Å². The third-order valence-electron chi connectivity index (χ3n) is 5.86. The first kappa shape index (κ1) is 18.4. The van der Waals surface area contributed by atoms with Gasteiger partial charge >= 0.3 is 0 Å². The van der Waals surface area contributed by atoms with E-state index in [-0.39, 0.29) is 18.4 Å². The Morgan fingerprint density at radius 2 is 1.88 bits per heavy atom. The Bertz CT molecular complexity index is 575. The SMILES string of the molecule is Cc1n[nH]c(C)c1CC(=O)N1CC(CO)C(CN2CCN(C)CC2)C1. The molecule has 2 aliphatic heterocycles. The van der Waals surface area contributed by atoms with Crippen molar-refractivity contribution in [3.63, 3.8) is 0 Å². The molecule has 1 aromatic heterocycles. The van der Waals surface area contributed by atoms with Crippen LogP contribution in [0.1, 0.15) is 17.0 Å². The molecule has 0 radical (unpaired) electrons. The molecule has 140 valence electrons. The van der Waals surface area contributed by atoms with E-state index in [0.717, 1.165) is 56.2 Å². The third-order valence-corrected chi connectivity index (χ3v) is 5.86. The van der Waals surface area contributed by atoms with E-state index in [2.05, 4.69) is 27.0 Å². The Morgan fingerprint density at radius 1 is 1.20 bits per heavy atom. The number of nitrogens with one attached hydrogen (secondary N) is 1. The lowest BCUT2D eigenvalue weighted by Gasteiger charge is -2.34. The number of carbonyl (C=O) groups is 1. The van der Waals surface area contributed by atoms with E-state index in [1.807, 2.05) is 18.7 Å². The van der Waals surface area contributed by atoms with Crippen LogP contribution >= 0.6 is 0 Å². The van der Waals surface area contributed by atoms with Crippen LogP contribution in [0.2, 0.25) is 0 Å². The Kier molecular flexibility index (Phi) is 5.76. The molecule has 2 N–H and O–H groups in total. The lowest BCUT2D eigenvalue weighted by molar-refractivity contribution is -0.129. The Labute approximate surface area is 150 Å². The van der Waals surface area contributed by atoms with Crippen LogP contribution in [0.4, 0.5) is 0 Å². The van der Waals surface area contributed by atoms with Crippen molar-refractivity contribution in [3.8, 4) is 0 Å². The fraction of sp³-hybridized carbons (Fsp3) is 0.778. The Morgan fingerprint density at radius 3 is 2.48 bits per heavy atom.